The summed E-state index contributed by atoms with van der Waals surface area (Å²) in [4.78, 5) is 18.4. The molecule has 1 heterocycles. The number of ether oxygens (including phenoxy) is 1. The number of carbonyl (C=O) groups is 1. The Hall–Kier alpha value is -1.12. The van der Waals surface area contributed by atoms with Gasteiger partial charge in [0.2, 0.25) is 10.0 Å². The summed E-state index contributed by atoms with van der Waals surface area (Å²) in [5, 5.41) is -1.66. The van der Waals surface area contributed by atoms with Gasteiger partial charge in [0, 0.05) is 0 Å². The van der Waals surface area contributed by atoms with Gasteiger partial charge in [-0.05, 0) is 6.92 Å². The zero-order chi connectivity index (χ0) is 13.9. The van der Waals surface area contributed by atoms with Gasteiger partial charge in [-0.15, -0.1) is 0 Å². The molecule has 100 valence electrons. The molecule has 0 aliphatic heterocycles. The number of nitrogens with one attached hydrogen (secondary N) is 1. The van der Waals surface area contributed by atoms with E-state index < -0.39 is 21.2 Å². The van der Waals surface area contributed by atoms with E-state index in [-0.39, 0.29) is 16.0 Å². The number of anilines is 1. The van der Waals surface area contributed by atoms with Gasteiger partial charge in [0.1, 0.15) is 11.3 Å². The molecule has 1 unspecified atom stereocenters. The first-order chi connectivity index (χ1) is 8.29. The maximum Gasteiger partial charge on any atom is 0.325 e. The Morgan fingerprint density at radius 1 is 1.44 bits per heavy atom. The number of esters is 1. The van der Waals surface area contributed by atoms with Crippen molar-refractivity contribution in [3.05, 3.63) is 16.5 Å². The van der Waals surface area contributed by atoms with E-state index in [0.29, 0.717) is 0 Å². The Morgan fingerprint density at radius 2 is 2.06 bits per heavy atom. The smallest absolute Gasteiger partial charge is 0.325 e. The number of rotatable bonds is 4. The second-order valence-electron chi connectivity index (χ2n) is 3.14. The maximum atomic E-state index is 11.8. The van der Waals surface area contributed by atoms with Crippen LogP contribution in [-0.4, -0.2) is 36.7 Å². The van der Waals surface area contributed by atoms with Crippen LogP contribution in [0, 0.1) is 0 Å². The SMILES string of the molecule is COC(=O)C(C)S(=O)(=O)Nc1ncnc(Cl)c1Cl. The van der Waals surface area contributed by atoms with Crippen LogP contribution in [0.2, 0.25) is 10.2 Å². The first-order valence-electron chi connectivity index (χ1n) is 4.55. The summed E-state index contributed by atoms with van der Waals surface area (Å²) < 4.78 is 30.0. The number of halogens is 2. The molecule has 1 aromatic rings. The van der Waals surface area contributed by atoms with E-state index in [4.69, 9.17) is 23.2 Å². The van der Waals surface area contributed by atoms with E-state index in [0.717, 1.165) is 13.4 Å². The Labute approximate surface area is 114 Å². The van der Waals surface area contributed by atoms with Gasteiger partial charge in [0.15, 0.2) is 16.2 Å². The monoisotopic (exact) mass is 313 g/mol. The zero-order valence-corrected chi connectivity index (χ0v) is 11.7. The highest BCUT2D eigenvalue weighted by Crippen LogP contribution is 2.26. The van der Waals surface area contributed by atoms with Crippen LogP contribution in [-0.2, 0) is 19.6 Å². The summed E-state index contributed by atoms with van der Waals surface area (Å²) in [6, 6.07) is 0. The highest BCUT2D eigenvalue weighted by Gasteiger charge is 2.30. The van der Waals surface area contributed by atoms with E-state index in [9.17, 15) is 13.2 Å². The second-order valence-corrected chi connectivity index (χ2v) is 5.88. The first-order valence-corrected chi connectivity index (χ1v) is 6.85. The van der Waals surface area contributed by atoms with Crippen molar-refractivity contribution in [1.29, 1.82) is 0 Å². The second kappa shape index (κ2) is 5.68. The van der Waals surface area contributed by atoms with E-state index in [1.165, 1.54) is 6.92 Å². The molecule has 0 amide bonds. The van der Waals surface area contributed by atoms with Crippen LogP contribution in [0.15, 0.2) is 6.33 Å². The highest BCUT2D eigenvalue weighted by atomic mass is 35.5. The number of sulfonamides is 1. The van der Waals surface area contributed by atoms with Crippen molar-refractivity contribution < 1.29 is 17.9 Å². The van der Waals surface area contributed by atoms with Crippen molar-refractivity contribution in [2.75, 3.05) is 11.8 Å². The lowest BCUT2D eigenvalue weighted by molar-refractivity contribution is -0.139. The van der Waals surface area contributed by atoms with Gasteiger partial charge in [-0.2, -0.15) is 0 Å². The number of aromatic nitrogens is 2. The lowest BCUT2D eigenvalue weighted by atomic mass is 10.5. The van der Waals surface area contributed by atoms with Crippen molar-refractivity contribution in [1.82, 2.24) is 9.97 Å². The molecular formula is C8H9Cl2N3O4S. The van der Waals surface area contributed by atoms with Crippen LogP contribution < -0.4 is 4.72 Å². The number of hydrogen-bond acceptors (Lipinski definition) is 6. The van der Waals surface area contributed by atoms with Crippen molar-refractivity contribution in [3.63, 3.8) is 0 Å². The Bertz CT molecular complexity index is 563. The van der Waals surface area contributed by atoms with E-state index in [2.05, 4.69) is 14.7 Å². The molecule has 0 aromatic carbocycles. The first kappa shape index (κ1) is 14.9. The molecule has 0 radical (unpaired) electrons. The van der Waals surface area contributed by atoms with Gasteiger partial charge < -0.3 is 4.74 Å². The fourth-order valence-electron chi connectivity index (χ4n) is 0.935. The average molecular weight is 314 g/mol. The predicted molar refractivity (Wildman–Crippen MR) is 66.1 cm³/mol. The molecular weight excluding hydrogens is 305 g/mol. The van der Waals surface area contributed by atoms with Crippen LogP contribution in [0.1, 0.15) is 6.92 Å². The molecule has 1 aromatic heterocycles. The molecule has 0 aliphatic carbocycles. The Balaban J connectivity index is 3.03. The van der Waals surface area contributed by atoms with Gasteiger partial charge in [-0.25, -0.2) is 18.4 Å². The van der Waals surface area contributed by atoms with E-state index >= 15 is 0 Å². The summed E-state index contributed by atoms with van der Waals surface area (Å²) in [5.74, 6) is -1.11. The summed E-state index contributed by atoms with van der Waals surface area (Å²) in [6.07, 6.45) is 1.04. The van der Waals surface area contributed by atoms with Gasteiger partial charge in [-0.1, -0.05) is 23.2 Å². The number of methoxy groups -OCH3 is 1. The molecule has 10 heteroatoms. The van der Waals surface area contributed by atoms with Crippen molar-refractivity contribution in [2.24, 2.45) is 0 Å². The lowest BCUT2D eigenvalue weighted by Crippen LogP contribution is -2.33. The number of hydrogen-bond donors (Lipinski definition) is 1. The number of nitrogens with zero attached hydrogens (tertiary/aromatic N) is 2. The van der Waals surface area contributed by atoms with Crippen LogP contribution >= 0.6 is 23.2 Å². The highest BCUT2D eigenvalue weighted by molar-refractivity contribution is 7.94. The van der Waals surface area contributed by atoms with Crippen molar-refractivity contribution in [3.8, 4) is 0 Å². The normalized spacial score (nSPS) is 12.9. The fraction of sp³-hybridized carbons (Fsp3) is 0.375. The van der Waals surface area contributed by atoms with Gasteiger partial charge >= 0.3 is 5.97 Å². The number of carbonyl (C=O) groups excluding carboxylic acids is 1. The fourth-order valence-corrected chi connectivity index (χ4v) is 2.22. The third-order valence-electron chi connectivity index (χ3n) is 1.98. The van der Waals surface area contributed by atoms with E-state index in [1.807, 2.05) is 4.72 Å². The third kappa shape index (κ3) is 3.21. The predicted octanol–water partition coefficient (Wildman–Crippen LogP) is 1.09. The van der Waals surface area contributed by atoms with Crippen LogP contribution in [0.5, 0.6) is 0 Å². The standard InChI is InChI=1S/C8H9Cl2N3O4S/c1-4(8(14)17-2)18(15,16)13-7-5(9)6(10)11-3-12-7/h3-4H,1-2H3,(H,11,12,13). The van der Waals surface area contributed by atoms with Crippen LogP contribution in [0.4, 0.5) is 5.82 Å². The van der Waals surface area contributed by atoms with Gasteiger partial charge in [0.25, 0.3) is 0 Å². The molecule has 0 saturated carbocycles. The molecule has 7 nitrogen and oxygen atoms in total. The zero-order valence-electron chi connectivity index (χ0n) is 9.35. The molecule has 0 saturated heterocycles. The largest absolute Gasteiger partial charge is 0.468 e. The Morgan fingerprint density at radius 3 is 2.61 bits per heavy atom. The minimum absolute atomic E-state index is 0.102. The molecule has 1 N–H and O–H groups in total. The maximum absolute atomic E-state index is 11.8. The van der Waals surface area contributed by atoms with Crippen molar-refractivity contribution in [2.45, 2.75) is 12.2 Å². The summed E-state index contributed by atoms with van der Waals surface area (Å²) in [6.45, 7) is 1.17. The molecule has 18 heavy (non-hydrogen) atoms. The van der Waals surface area contributed by atoms with Crippen molar-refractivity contribution >= 4 is 45.0 Å². The quantitative estimate of drug-likeness (QED) is 0.660. The molecule has 0 aliphatic rings. The topological polar surface area (TPSA) is 98.2 Å². The summed E-state index contributed by atoms with van der Waals surface area (Å²) in [7, 11) is -2.94. The Kier molecular flexibility index (Phi) is 4.71. The van der Waals surface area contributed by atoms with E-state index in [1.54, 1.807) is 0 Å². The average Bonchev–Trinajstić information content (AvgIpc) is 2.32. The van der Waals surface area contributed by atoms with Crippen LogP contribution in [0.3, 0.4) is 0 Å². The molecule has 0 fully saturated rings. The lowest BCUT2D eigenvalue weighted by Gasteiger charge is -2.13. The molecule has 1 atom stereocenters. The molecule has 0 spiro atoms. The summed E-state index contributed by atoms with van der Waals surface area (Å²) in [5.41, 5.74) is 0. The van der Waals surface area contributed by atoms with Gasteiger partial charge in [-0.3, -0.25) is 9.52 Å². The third-order valence-corrected chi connectivity index (χ3v) is 4.33. The van der Waals surface area contributed by atoms with Crippen LogP contribution in [0.25, 0.3) is 0 Å². The minimum Gasteiger partial charge on any atom is -0.468 e. The summed E-state index contributed by atoms with van der Waals surface area (Å²) >= 11 is 11.3. The minimum atomic E-state index is -4.02. The molecule has 0 bridgehead atoms. The molecule has 1 rings (SSSR count). The van der Waals surface area contributed by atoms with Gasteiger partial charge in [0.05, 0.1) is 7.11 Å².